The predicted octanol–water partition coefficient (Wildman–Crippen LogP) is 4.09. The van der Waals surface area contributed by atoms with Gasteiger partial charge in [-0.1, -0.05) is 32.1 Å². The van der Waals surface area contributed by atoms with Crippen molar-refractivity contribution in [2.24, 2.45) is 13.0 Å². The zero-order chi connectivity index (χ0) is 20.2. The summed E-state index contributed by atoms with van der Waals surface area (Å²) in [4.78, 5) is 20.2. The van der Waals surface area contributed by atoms with Gasteiger partial charge in [-0.2, -0.15) is 5.10 Å². The highest BCUT2D eigenvalue weighted by Gasteiger charge is 2.24. The molecule has 4 rings (SSSR count). The van der Waals surface area contributed by atoms with Gasteiger partial charge < -0.3 is 10.2 Å². The van der Waals surface area contributed by atoms with Gasteiger partial charge in [0.2, 0.25) is 0 Å². The second-order valence-corrected chi connectivity index (χ2v) is 8.94. The summed E-state index contributed by atoms with van der Waals surface area (Å²) in [5.74, 6) is 1.62. The number of hydrogen-bond donors (Lipinski definition) is 1. The van der Waals surface area contributed by atoms with Crippen LogP contribution in [-0.4, -0.2) is 46.7 Å². The van der Waals surface area contributed by atoms with Gasteiger partial charge in [0, 0.05) is 26.6 Å². The molecule has 1 N–H and O–H groups in total. The molecule has 3 heterocycles. The number of hydrogen-bond acceptors (Lipinski definition) is 5. The van der Waals surface area contributed by atoms with Gasteiger partial charge >= 0.3 is 0 Å². The molecule has 2 aromatic rings. The molecule has 6 heteroatoms. The van der Waals surface area contributed by atoms with E-state index in [9.17, 15) is 4.79 Å². The number of pyridine rings is 1. The minimum atomic E-state index is 0.158. The lowest BCUT2D eigenvalue weighted by atomic mass is 9.91. The molecule has 0 aromatic carbocycles. The third-order valence-electron chi connectivity index (χ3n) is 6.85. The van der Waals surface area contributed by atoms with Crippen LogP contribution in [0.15, 0.2) is 12.1 Å². The Hall–Kier alpha value is -1.95. The van der Waals surface area contributed by atoms with E-state index in [1.807, 2.05) is 7.05 Å². The standard InChI is InChI=1S/C23H35N5O/c1-27(18-8-6-4-3-5-7-9-18)21-11-10-19-22(26-28(2)23(19)25-21)20(29)16-17-12-14-24-15-13-17/h10-11,17-18,24H,3-9,12-16H2,1-2H3. The van der Waals surface area contributed by atoms with E-state index < -0.39 is 0 Å². The Balaban J connectivity index is 1.53. The van der Waals surface area contributed by atoms with Gasteiger partial charge in [0.15, 0.2) is 11.4 Å². The van der Waals surface area contributed by atoms with Crippen LogP contribution in [0.2, 0.25) is 0 Å². The Morgan fingerprint density at radius 1 is 1.10 bits per heavy atom. The quantitative estimate of drug-likeness (QED) is 0.770. The fourth-order valence-corrected chi connectivity index (χ4v) is 4.98. The maximum absolute atomic E-state index is 12.9. The predicted molar refractivity (Wildman–Crippen MR) is 118 cm³/mol. The Kier molecular flexibility index (Phi) is 6.48. The lowest BCUT2D eigenvalue weighted by Gasteiger charge is -2.30. The molecule has 1 aliphatic carbocycles. The molecule has 2 aromatic heterocycles. The van der Waals surface area contributed by atoms with E-state index in [1.165, 1.54) is 44.9 Å². The van der Waals surface area contributed by atoms with Crippen LogP contribution in [0.3, 0.4) is 0 Å². The Morgan fingerprint density at radius 3 is 2.52 bits per heavy atom. The summed E-state index contributed by atoms with van der Waals surface area (Å²) in [6, 6.07) is 4.68. The molecule has 2 aliphatic rings. The SMILES string of the molecule is CN(c1ccc2c(C(=O)CC3CCNCC3)nn(C)c2n1)C1CCCCCCC1. The highest BCUT2D eigenvalue weighted by Crippen LogP contribution is 2.27. The van der Waals surface area contributed by atoms with Crippen LogP contribution >= 0.6 is 0 Å². The van der Waals surface area contributed by atoms with Gasteiger partial charge in [-0.25, -0.2) is 9.67 Å². The lowest BCUT2D eigenvalue weighted by molar-refractivity contribution is 0.0948. The maximum Gasteiger partial charge on any atom is 0.184 e. The largest absolute Gasteiger partial charge is 0.357 e. The minimum absolute atomic E-state index is 0.158. The van der Waals surface area contributed by atoms with Crippen LogP contribution in [-0.2, 0) is 7.05 Å². The molecule has 1 aliphatic heterocycles. The van der Waals surface area contributed by atoms with Crippen LogP contribution in [0, 0.1) is 5.92 Å². The van der Waals surface area contributed by atoms with Crippen molar-refractivity contribution >= 4 is 22.6 Å². The molecule has 1 saturated heterocycles. The Bertz CT molecular complexity index is 831. The number of aromatic nitrogens is 3. The molecule has 6 nitrogen and oxygen atoms in total. The molecule has 2 fully saturated rings. The third kappa shape index (κ3) is 4.63. The van der Waals surface area contributed by atoms with Crippen molar-refractivity contribution in [3.63, 3.8) is 0 Å². The average molecular weight is 398 g/mol. The zero-order valence-corrected chi connectivity index (χ0v) is 18.0. The highest BCUT2D eigenvalue weighted by molar-refractivity contribution is 6.05. The molecule has 29 heavy (non-hydrogen) atoms. The van der Waals surface area contributed by atoms with E-state index >= 15 is 0 Å². The number of anilines is 1. The van der Waals surface area contributed by atoms with Gasteiger partial charge in [0.05, 0.1) is 5.39 Å². The normalized spacial score (nSPS) is 19.8. The first-order chi connectivity index (χ1) is 14.1. The van der Waals surface area contributed by atoms with Crippen molar-refractivity contribution in [1.29, 1.82) is 0 Å². The number of rotatable bonds is 5. The highest BCUT2D eigenvalue weighted by atomic mass is 16.1. The molecule has 158 valence electrons. The second-order valence-electron chi connectivity index (χ2n) is 8.94. The van der Waals surface area contributed by atoms with E-state index in [0.29, 0.717) is 24.1 Å². The fraction of sp³-hybridized carbons (Fsp3) is 0.696. The first-order valence-corrected chi connectivity index (χ1v) is 11.4. The molecule has 0 atom stereocenters. The number of piperidine rings is 1. The van der Waals surface area contributed by atoms with Crippen LogP contribution < -0.4 is 10.2 Å². The van der Waals surface area contributed by atoms with Crippen molar-refractivity contribution in [2.75, 3.05) is 25.0 Å². The van der Waals surface area contributed by atoms with Crippen molar-refractivity contribution in [3.8, 4) is 0 Å². The summed E-state index contributed by atoms with van der Waals surface area (Å²) in [7, 11) is 4.07. The van der Waals surface area contributed by atoms with Gasteiger partial charge in [0.25, 0.3) is 0 Å². The summed E-state index contributed by atoms with van der Waals surface area (Å²) >= 11 is 0. The summed E-state index contributed by atoms with van der Waals surface area (Å²) < 4.78 is 1.78. The molecule has 1 saturated carbocycles. The van der Waals surface area contributed by atoms with Gasteiger partial charge in [-0.15, -0.1) is 0 Å². The number of carbonyl (C=O) groups excluding carboxylic acids is 1. The second kappa shape index (κ2) is 9.24. The maximum atomic E-state index is 12.9. The Morgan fingerprint density at radius 2 is 1.79 bits per heavy atom. The van der Waals surface area contributed by atoms with Gasteiger partial charge in [-0.3, -0.25) is 4.79 Å². The molecule has 0 unspecified atom stereocenters. The minimum Gasteiger partial charge on any atom is -0.357 e. The molecule has 0 radical (unpaired) electrons. The van der Waals surface area contributed by atoms with Crippen LogP contribution in [0.25, 0.3) is 11.0 Å². The topological polar surface area (TPSA) is 63.1 Å². The van der Waals surface area contributed by atoms with Gasteiger partial charge in [-0.05, 0) is 56.8 Å². The van der Waals surface area contributed by atoms with E-state index in [2.05, 4.69) is 34.5 Å². The molecular weight excluding hydrogens is 362 g/mol. The fourth-order valence-electron chi connectivity index (χ4n) is 4.98. The Labute approximate surface area is 174 Å². The van der Waals surface area contributed by atoms with Crippen LogP contribution in [0.5, 0.6) is 0 Å². The first-order valence-electron chi connectivity index (χ1n) is 11.4. The molecule has 0 amide bonds. The van der Waals surface area contributed by atoms with Crippen molar-refractivity contribution in [2.45, 2.75) is 70.3 Å². The van der Waals surface area contributed by atoms with Gasteiger partial charge in [0.1, 0.15) is 11.5 Å². The molecule has 0 spiro atoms. The number of Topliss-reactive ketones (excluding diaryl/α,β-unsaturated/α-hetero) is 1. The molecular formula is C23H35N5O. The summed E-state index contributed by atoms with van der Waals surface area (Å²) in [6.07, 6.45) is 11.9. The van der Waals surface area contributed by atoms with E-state index in [4.69, 9.17) is 4.98 Å². The number of aryl methyl sites for hydroxylation is 1. The van der Waals surface area contributed by atoms with Crippen LogP contribution in [0.4, 0.5) is 5.82 Å². The number of fused-ring (bicyclic) bond motifs is 1. The average Bonchev–Trinajstić information content (AvgIpc) is 3.04. The van der Waals surface area contributed by atoms with Crippen molar-refractivity contribution in [1.82, 2.24) is 20.1 Å². The van der Waals surface area contributed by atoms with E-state index in [-0.39, 0.29) is 5.78 Å². The smallest absolute Gasteiger partial charge is 0.184 e. The number of carbonyl (C=O) groups is 1. The number of ketones is 1. The monoisotopic (exact) mass is 397 g/mol. The lowest BCUT2D eigenvalue weighted by Crippen LogP contribution is -2.32. The molecule has 0 bridgehead atoms. The van der Waals surface area contributed by atoms with E-state index in [0.717, 1.165) is 42.8 Å². The summed E-state index contributed by atoms with van der Waals surface area (Å²) in [6.45, 7) is 2.03. The van der Waals surface area contributed by atoms with Crippen molar-refractivity contribution in [3.05, 3.63) is 17.8 Å². The van der Waals surface area contributed by atoms with E-state index in [1.54, 1.807) is 4.68 Å². The number of nitrogens with zero attached hydrogens (tertiary/aromatic N) is 4. The number of nitrogens with one attached hydrogen (secondary N) is 1. The zero-order valence-electron chi connectivity index (χ0n) is 18.0. The van der Waals surface area contributed by atoms with Crippen LogP contribution in [0.1, 0.15) is 74.7 Å². The summed E-state index contributed by atoms with van der Waals surface area (Å²) in [5, 5.41) is 8.82. The summed E-state index contributed by atoms with van der Waals surface area (Å²) in [5.41, 5.74) is 1.41. The third-order valence-corrected chi connectivity index (χ3v) is 6.85. The first kappa shape index (κ1) is 20.3. The van der Waals surface area contributed by atoms with Crippen molar-refractivity contribution < 1.29 is 4.79 Å².